The summed E-state index contributed by atoms with van der Waals surface area (Å²) in [6.45, 7) is 9.48. The van der Waals surface area contributed by atoms with Crippen molar-refractivity contribution >= 4 is 34.8 Å². The zero-order valence-electron chi connectivity index (χ0n) is 18.4. The van der Waals surface area contributed by atoms with Crippen LogP contribution >= 0.6 is 17.1 Å². The molecule has 6 rings (SSSR count). The lowest BCUT2D eigenvalue weighted by molar-refractivity contribution is -0.146. The standard InChI is InChI=1S/C23H36NO3PS2/c1-15(2)19-4-5-22(3)20(11-19)30-28(29,27-22)26-7-6-24-21(25)23-12-16-8-17(13-23)10-18(9-16)14-23/h16-20H,1,4-14H2,2-3H3,(H,24,25)/t16?,17?,18?,19-,20+,22+,23?,28?/m0/s1. The third kappa shape index (κ3) is 3.98. The van der Waals surface area contributed by atoms with Gasteiger partial charge in [0.15, 0.2) is 0 Å². The summed E-state index contributed by atoms with van der Waals surface area (Å²) in [4.78, 5) is 13.1. The Balaban J connectivity index is 1.12. The van der Waals surface area contributed by atoms with E-state index in [1.165, 1.54) is 24.8 Å². The molecule has 0 aromatic carbocycles. The lowest BCUT2D eigenvalue weighted by Gasteiger charge is -2.55. The molecule has 1 heterocycles. The molecule has 30 heavy (non-hydrogen) atoms. The molecule has 6 aliphatic rings. The van der Waals surface area contributed by atoms with E-state index in [9.17, 15) is 4.79 Å². The molecule has 1 N–H and O–H groups in total. The van der Waals surface area contributed by atoms with Gasteiger partial charge >= 0.3 is 0 Å². The third-order valence-electron chi connectivity index (χ3n) is 8.60. The zero-order chi connectivity index (χ0) is 21.1. The van der Waals surface area contributed by atoms with Crippen LogP contribution in [0.2, 0.25) is 0 Å². The number of carbonyl (C=O) groups excluding carboxylic acids is 1. The average molecular weight is 470 g/mol. The minimum absolute atomic E-state index is 0.0892. The van der Waals surface area contributed by atoms with Crippen LogP contribution in [0.15, 0.2) is 12.2 Å². The molecule has 0 radical (unpaired) electrons. The first-order valence-electron chi connectivity index (χ1n) is 11.8. The summed E-state index contributed by atoms with van der Waals surface area (Å²) in [6.07, 6.45) is 10.6. The van der Waals surface area contributed by atoms with E-state index in [1.54, 1.807) is 11.4 Å². The molecule has 1 unspecified atom stereocenters. The summed E-state index contributed by atoms with van der Waals surface area (Å²) in [6, 6.07) is 0. The predicted molar refractivity (Wildman–Crippen MR) is 127 cm³/mol. The van der Waals surface area contributed by atoms with E-state index < -0.39 is 5.69 Å². The average Bonchev–Trinajstić information content (AvgIpc) is 2.93. The first kappa shape index (κ1) is 21.9. The summed E-state index contributed by atoms with van der Waals surface area (Å²) in [5, 5.41) is 3.60. The van der Waals surface area contributed by atoms with Crippen LogP contribution in [0.1, 0.15) is 71.6 Å². The van der Waals surface area contributed by atoms with Gasteiger partial charge in [0.1, 0.15) is 0 Å². The number of rotatable bonds is 6. The van der Waals surface area contributed by atoms with Gasteiger partial charge in [-0.15, -0.1) is 0 Å². The number of amides is 1. The number of carbonyl (C=O) groups is 1. The Labute approximate surface area is 190 Å². The van der Waals surface area contributed by atoms with E-state index in [0.29, 0.717) is 24.3 Å². The summed E-state index contributed by atoms with van der Waals surface area (Å²) in [5.41, 5.74) is -1.34. The van der Waals surface area contributed by atoms with Gasteiger partial charge in [-0.2, -0.15) is 0 Å². The molecule has 1 amide bonds. The van der Waals surface area contributed by atoms with E-state index in [2.05, 4.69) is 25.7 Å². The molecule has 1 aliphatic heterocycles. The maximum Gasteiger partial charge on any atom is 0.248 e. The van der Waals surface area contributed by atoms with E-state index in [4.69, 9.17) is 20.9 Å². The van der Waals surface area contributed by atoms with E-state index in [-0.39, 0.29) is 16.9 Å². The molecule has 7 heteroatoms. The number of fused-ring (bicyclic) bond motifs is 1. The van der Waals surface area contributed by atoms with E-state index >= 15 is 0 Å². The van der Waals surface area contributed by atoms with Crippen molar-refractivity contribution in [2.24, 2.45) is 29.1 Å². The number of nitrogens with one attached hydrogen (secondary N) is 1. The van der Waals surface area contributed by atoms with E-state index in [0.717, 1.165) is 56.3 Å². The summed E-state index contributed by atoms with van der Waals surface area (Å²) in [7, 11) is 0. The summed E-state index contributed by atoms with van der Waals surface area (Å²) < 4.78 is 12.5. The Bertz CT molecular complexity index is 751. The van der Waals surface area contributed by atoms with Crippen molar-refractivity contribution in [3.8, 4) is 0 Å². The monoisotopic (exact) mass is 469 g/mol. The molecule has 6 fully saturated rings. The highest BCUT2D eigenvalue weighted by Crippen LogP contribution is 2.74. The van der Waals surface area contributed by atoms with Crippen LogP contribution in [-0.4, -0.2) is 29.9 Å². The number of allylic oxidation sites excluding steroid dienone is 1. The van der Waals surface area contributed by atoms with Crippen molar-refractivity contribution in [2.45, 2.75) is 82.5 Å². The van der Waals surface area contributed by atoms with E-state index in [1.807, 2.05) is 0 Å². The quantitative estimate of drug-likeness (QED) is 0.301. The van der Waals surface area contributed by atoms with Gasteiger partial charge in [0.2, 0.25) is 11.6 Å². The second kappa shape index (κ2) is 7.87. The Morgan fingerprint density at radius 1 is 1.23 bits per heavy atom. The van der Waals surface area contributed by atoms with Gasteiger partial charge in [-0.25, -0.2) is 0 Å². The van der Waals surface area contributed by atoms with Crippen molar-refractivity contribution < 1.29 is 13.8 Å². The van der Waals surface area contributed by atoms with Gasteiger partial charge in [0.05, 0.1) is 12.2 Å². The number of hydrogen-bond donors (Lipinski definition) is 1. The van der Waals surface area contributed by atoms with Gasteiger partial charge in [0, 0.05) is 17.2 Å². The van der Waals surface area contributed by atoms with Crippen molar-refractivity contribution in [3.05, 3.63) is 12.2 Å². The molecule has 0 aromatic heterocycles. The van der Waals surface area contributed by atoms with Gasteiger partial charge in [0.25, 0.3) is 0 Å². The van der Waals surface area contributed by atoms with Gasteiger partial charge in [-0.3, -0.25) is 4.79 Å². The lowest BCUT2D eigenvalue weighted by Crippen LogP contribution is -2.53. The third-order valence-corrected chi connectivity index (χ3v) is 14.3. The topological polar surface area (TPSA) is 47.6 Å². The Kier molecular flexibility index (Phi) is 5.76. The Morgan fingerprint density at radius 3 is 2.47 bits per heavy atom. The molecule has 0 aromatic rings. The molecule has 4 nitrogen and oxygen atoms in total. The molecular weight excluding hydrogens is 433 g/mol. The van der Waals surface area contributed by atoms with Crippen LogP contribution in [0, 0.1) is 29.1 Å². The first-order chi connectivity index (χ1) is 14.2. The van der Waals surface area contributed by atoms with Gasteiger partial charge < -0.3 is 14.4 Å². The minimum Gasteiger partial charge on any atom is -0.353 e. The van der Waals surface area contributed by atoms with Gasteiger partial charge in [-0.05, 0) is 107 Å². The molecule has 5 saturated carbocycles. The SMILES string of the molecule is C=C(C)[C@H]1CC[C@@]2(C)OP(=S)(OCCNC(=O)C34CC5CC(CC(C5)C3)C4)S[C@@H]2C1. The highest BCUT2D eigenvalue weighted by Gasteiger charge is 2.55. The molecule has 4 bridgehead atoms. The fourth-order valence-electron chi connectivity index (χ4n) is 7.34. The zero-order valence-corrected chi connectivity index (χ0v) is 20.9. The molecule has 0 spiro atoms. The van der Waals surface area contributed by atoms with Crippen molar-refractivity contribution in [1.29, 1.82) is 0 Å². The molecular formula is C23H36NO3PS2. The van der Waals surface area contributed by atoms with Crippen LogP contribution in [-0.2, 0) is 25.6 Å². The van der Waals surface area contributed by atoms with Crippen LogP contribution in [0.3, 0.4) is 0 Å². The maximum atomic E-state index is 13.1. The number of hydrogen-bond acceptors (Lipinski definition) is 5. The van der Waals surface area contributed by atoms with Crippen LogP contribution in [0.4, 0.5) is 0 Å². The van der Waals surface area contributed by atoms with Crippen molar-refractivity contribution in [1.82, 2.24) is 5.32 Å². The maximum absolute atomic E-state index is 13.1. The second-order valence-electron chi connectivity index (χ2n) is 11.0. The summed E-state index contributed by atoms with van der Waals surface area (Å²) >= 11 is 7.60. The normalized spacial score (nSPS) is 49.1. The highest BCUT2D eigenvalue weighted by atomic mass is 32.9. The fraction of sp³-hybridized carbons (Fsp3) is 0.870. The van der Waals surface area contributed by atoms with Gasteiger partial charge in [-0.1, -0.05) is 23.5 Å². The largest absolute Gasteiger partial charge is 0.353 e. The lowest BCUT2D eigenvalue weighted by atomic mass is 9.49. The van der Waals surface area contributed by atoms with Crippen LogP contribution in [0.25, 0.3) is 0 Å². The predicted octanol–water partition coefficient (Wildman–Crippen LogP) is 5.83. The minimum atomic E-state index is -2.35. The van der Waals surface area contributed by atoms with Crippen molar-refractivity contribution in [2.75, 3.05) is 13.2 Å². The first-order valence-corrected chi connectivity index (χ1v) is 15.9. The molecule has 1 saturated heterocycles. The summed E-state index contributed by atoms with van der Waals surface area (Å²) in [5.74, 6) is 3.20. The van der Waals surface area contributed by atoms with Crippen LogP contribution in [0.5, 0.6) is 0 Å². The fourth-order valence-corrected chi connectivity index (χ4v) is 14.2. The molecule has 4 atom stereocenters. The van der Waals surface area contributed by atoms with Crippen LogP contribution < -0.4 is 5.32 Å². The smallest absolute Gasteiger partial charge is 0.248 e. The molecule has 168 valence electrons. The highest BCUT2D eigenvalue weighted by molar-refractivity contribution is 8.68. The molecule has 5 aliphatic carbocycles. The Morgan fingerprint density at radius 2 is 1.87 bits per heavy atom. The Hall–Kier alpha value is 0.130. The van der Waals surface area contributed by atoms with Crippen molar-refractivity contribution in [3.63, 3.8) is 0 Å². The second-order valence-corrected chi connectivity index (χ2v) is 17.4.